The summed E-state index contributed by atoms with van der Waals surface area (Å²) < 4.78 is 12.3. The van der Waals surface area contributed by atoms with Gasteiger partial charge in [-0.1, -0.05) is 59.7 Å². The van der Waals surface area contributed by atoms with Gasteiger partial charge in [-0.3, -0.25) is 0 Å². The van der Waals surface area contributed by atoms with Gasteiger partial charge in [0.05, 0.1) is 5.56 Å². The first-order valence-electron chi connectivity index (χ1n) is 11.8. The highest BCUT2D eigenvalue weighted by Crippen LogP contribution is 2.58. The number of fused-ring (bicyclic) bond motifs is 7. The summed E-state index contributed by atoms with van der Waals surface area (Å²) in [5, 5.41) is 25.7. The normalized spacial score (nSPS) is 14.2. The number of phenols is 2. The van der Waals surface area contributed by atoms with Gasteiger partial charge in [-0.25, -0.2) is 4.79 Å². The van der Waals surface area contributed by atoms with Crippen LogP contribution in [0.2, 0.25) is 0 Å². The fraction of sp³-hybridized carbons (Fsp3) is 0.0333. The number of ether oxygens (including phenoxy) is 2. The van der Waals surface area contributed by atoms with E-state index in [0.29, 0.717) is 45.0 Å². The molecule has 2 aliphatic rings. The van der Waals surface area contributed by atoms with Crippen LogP contribution in [-0.4, -0.2) is 16.2 Å². The van der Waals surface area contributed by atoms with E-state index in [1.54, 1.807) is 18.2 Å². The standard InChI is InChI=1S/C30H17N3O5/c31-33-32-25-13-10-19(18-4-1-2-5-20(18)25)21-6-3-7-24-28(21)29(36)38-30(24)22-11-8-16(34)14-26(22)37-27-15-17(35)9-12-23(27)30/h1-15,34-35H. The molecule has 1 spiro atoms. The molecule has 0 saturated carbocycles. The molecule has 0 atom stereocenters. The molecule has 0 aromatic heterocycles. The van der Waals surface area contributed by atoms with E-state index in [1.165, 1.54) is 24.3 Å². The second kappa shape index (κ2) is 7.77. The van der Waals surface area contributed by atoms with Crippen LogP contribution in [-0.2, 0) is 10.3 Å². The topological polar surface area (TPSA) is 125 Å². The van der Waals surface area contributed by atoms with Crippen molar-refractivity contribution >= 4 is 22.4 Å². The summed E-state index contributed by atoms with van der Waals surface area (Å²) in [5.74, 6) is 0.107. The fourth-order valence-electron chi connectivity index (χ4n) is 5.62. The fourth-order valence-corrected chi connectivity index (χ4v) is 5.62. The third kappa shape index (κ3) is 2.86. The molecule has 2 N–H and O–H groups in total. The van der Waals surface area contributed by atoms with Crippen LogP contribution in [0.25, 0.3) is 32.3 Å². The van der Waals surface area contributed by atoms with Crippen LogP contribution in [0.1, 0.15) is 27.0 Å². The van der Waals surface area contributed by atoms with Crippen molar-refractivity contribution in [2.75, 3.05) is 0 Å². The van der Waals surface area contributed by atoms with Crippen LogP contribution >= 0.6 is 0 Å². The number of aromatic hydroxyl groups is 2. The summed E-state index contributed by atoms with van der Waals surface area (Å²) in [6.45, 7) is 0. The third-order valence-electron chi connectivity index (χ3n) is 7.15. The van der Waals surface area contributed by atoms with Gasteiger partial charge in [-0.2, -0.15) is 0 Å². The summed E-state index contributed by atoms with van der Waals surface area (Å²) in [6, 6.07) is 26.0. The average molecular weight is 499 g/mol. The molecule has 5 aromatic carbocycles. The molecule has 0 saturated heterocycles. The van der Waals surface area contributed by atoms with Crippen molar-refractivity contribution in [1.29, 1.82) is 0 Å². The Hall–Kier alpha value is -5.46. The Balaban J connectivity index is 1.55. The second-order valence-corrected chi connectivity index (χ2v) is 9.13. The van der Waals surface area contributed by atoms with Crippen molar-refractivity contribution in [2.24, 2.45) is 5.11 Å². The maximum absolute atomic E-state index is 13.8. The van der Waals surface area contributed by atoms with Crippen LogP contribution < -0.4 is 4.74 Å². The molecule has 8 nitrogen and oxygen atoms in total. The number of hydrogen-bond acceptors (Lipinski definition) is 6. The Labute approximate surface area is 215 Å². The maximum Gasteiger partial charge on any atom is 0.340 e. The van der Waals surface area contributed by atoms with Crippen molar-refractivity contribution in [3.8, 4) is 34.1 Å². The number of azide groups is 1. The smallest absolute Gasteiger partial charge is 0.340 e. The van der Waals surface area contributed by atoms with Gasteiger partial charge in [0.2, 0.25) is 0 Å². The van der Waals surface area contributed by atoms with Crippen molar-refractivity contribution in [3.05, 3.63) is 124 Å². The van der Waals surface area contributed by atoms with Gasteiger partial charge in [0, 0.05) is 39.4 Å². The predicted molar refractivity (Wildman–Crippen MR) is 140 cm³/mol. The van der Waals surface area contributed by atoms with E-state index >= 15 is 0 Å². The average Bonchev–Trinajstić information content (AvgIpc) is 3.21. The van der Waals surface area contributed by atoms with Gasteiger partial charge in [0.15, 0.2) is 5.60 Å². The van der Waals surface area contributed by atoms with Gasteiger partial charge in [-0.05, 0) is 51.7 Å². The molecular formula is C30H17N3O5. The lowest BCUT2D eigenvalue weighted by molar-refractivity contribution is 0.0224. The van der Waals surface area contributed by atoms with E-state index in [1.807, 2.05) is 48.5 Å². The van der Waals surface area contributed by atoms with Gasteiger partial charge in [0.1, 0.15) is 23.0 Å². The zero-order chi connectivity index (χ0) is 26.0. The summed E-state index contributed by atoms with van der Waals surface area (Å²) in [7, 11) is 0. The first-order chi connectivity index (χ1) is 18.5. The molecule has 0 unspecified atom stereocenters. The lowest BCUT2D eigenvalue weighted by Crippen LogP contribution is -2.32. The van der Waals surface area contributed by atoms with Crippen LogP contribution in [0, 0.1) is 0 Å². The summed E-state index contributed by atoms with van der Waals surface area (Å²) in [4.78, 5) is 16.7. The molecule has 0 fully saturated rings. The molecular weight excluding hydrogens is 482 g/mol. The van der Waals surface area contributed by atoms with Crippen molar-refractivity contribution < 1.29 is 24.5 Å². The molecule has 182 valence electrons. The molecule has 38 heavy (non-hydrogen) atoms. The van der Waals surface area contributed by atoms with Gasteiger partial charge in [0.25, 0.3) is 0 Å². The minimum absolute atomic E-state index is 0.00705. The number of rotatable bonds is 2. The maximum atomic E-state index is 13.8. The Morgan fingerprint density at radius 3 is 2.11 bits per heavy atom. The summed E-state index contributed by atoms with van der Waals surface area (Å²) >= 11 is 0. The number of esters is 1. The number of carbonyl (C=O) groups excluding carboxylic acids is 1. The first-order valence-corrected chi connectivity index (χ1v) is 11.8. The largest absolute Gasteiger partial charge is 0.508 e. The van der Waals surface area contributed by atoms with E-state index in [-0.39, 0.29) is 11.5 Å². The minimum atomic E-state index is -1.35. The van der Waals surface area contributed by atoms with E-state index in [4.69, 9.17) is 15.0 Å². The Morgan fingerprint density at radius 2 is 1.42 bits per heavy atom. The van der Waals surface area contributed by atoms with Gasteiger partial charge in [-0.15, -0.1) is 0 Å². The lowest BCUT2D eigenvalue weighted by Gasteiger charge is -2.36. The Morgan fingerprint density at radius 1 is 0.737 bits per heavy atom. The molecule has 0 aliphatic carbocycles. The zero-order valence-electron chi connectivity index (χ0n) is 19.6. The number of phenolic OH excluding ortho intramolecular Hbond substituents is 2. The molecule has 0 radical (unpaired) electrons. The van der Waals surface area contributed by atoms with E-state index in [0.717, 1.165) is 16.3 Å². The molecule has 2 aliphatic heterocycles. The van der Waals surface area contributed by atoms with Crippen molar-refractivity contribution in [3.63, 3.8) is 0 Å². The SMILES string of the molecule is [N-]=[N+]=Nc1ccc(-c2cccc3c2C(=O)OC32c3ccc(O)cc3Oc3cc(O)ccc32)c2ccccc12. The summed E-state index contributed by atoms with van der Waals surface area (Å²) in [6.07, 6.45) is 0. The van der Waals surface area contributed by atoms with E-state index < -0.39 is 11.6 Å². The third-order valence-corrected chi connectivity index (χ3v) is 7.15. The second-order valence-electron chi connectivity index (χ2n) is 9.13. The predicted octanol–water partition coefficient (Wildman–Crippen LogP) is 7.43. The van der Waals surface area contributed by atoms with E-state index in [9.17, 15) is 15.0 Å². The molecule has 0 bridgehead atoms. The quantitative estimate of drug-likeness (QED) is 0.113. The van der Waals surface area contributed by atoms with Crippen LogP contribution in [0.4, 0.5) is 5.69 Å². The minimum Gasteiger partial charge on any atom is -0.508 e. The molecule has 8 heteroatoms. The highest BCUT2D eigenvalue weighted by atomic mass is 16.6. The highest BCUT2D eigenvalue weighted by molar-refractivity contribution is 6.09. The molecule has 2 heterocycles. The van der Waals surface area contributed by atoms with Crippen molar-refractivity contribution in [2.45, 2.75) is 5.60 Å². The van der Waals surface area contributed by atoms with Gasteiger partial charge < -0.3 is 19.7 Å². The van der Waals surface area contributed by atoms with Gasteiger partial charge >= 0.3 is 5.97 Å². The van der Waals surface area contributed by atoms with Crippen LogP contribution in [0.3, 0.4) is 0 Å². The van der Waals surface area contributed by atoms with Crippen molar-refractivity contribution in [1.82, 2.24) is 0 Å². The zero-order valence-corrected chi connectivity index (χ0v) is 19.6. The van der Waals surface area contributed by atoms with E-state index in [2.05, 4.69) is 10.0 Å². The number of nitrogens with zero attached hydrogens (tertiary/aromatic N) is 3. The van der Waals surface area contributed by atoms with Crippen LogP contribution in [0.15, 0.2) is 96.1 Å². The molecule has 5 aromatic rings. The number of benzene rings is 5. The molecule has 7 rings (SSSR count). The highest BCUT2D eigenvalue weighted by Gasteiger charge is 2.54. The lowest BCUT2D eigenvalue weighted by atomic mass is 9.76. The number of hydrogen-bond donors (Lipinski definition) is 2. The Bertz CT molecular complexity index is 1840. The summed E-state index contributed by atoms with van der Waals surface area (Å²) in [5.41, 5.74) is 11.7. The number of carbonyl (C=O) groups is 1. The monoisotopic (exact) mass is 499 g/mol. The Kier molecular flexibility index (Phi) is 4.45. The first kappa shape index (κ1) is 21.8. The molecule has 0 amide bonds. The van der Waals surface area contributed by atoms with Crippen LogP contribution in [0.5, 0.6) is 23.0 Å².